The maximum Gasteiger partial charge on any atom is 0.319 e. The fourth-order valence-electron chi connectivity index (χ4n) is 4.24. The van der Waals surface area contributed by atoms with Gasteiger partial charge >= 0.3 is 6.03 Å². The first kappa shape index (κ1) is 22.4. The molecule has 2 amide bonds. The van der Waals surface area contributed by atoms with Crippen molar-refractivity contribution in [2.24, 2.45) is 5.41 Å². The maximum absolute atomic E-state index is 12.7. The molecule has 1 aliphatic carbocycles. The smallest absolute Gasteiger partial charge is 0.319 e. The summed E-state index contributed by atoms with van der Waals surface area (Å²) in [5, 5.41) is 16.0. The number of benzene rings is 1. The lowest BCUT2D eigenvalue weighted by Gasteiger charge is -2.39. The number of urea groups is 1. The van der Waals surface area contributed by atoms with Crippen LogP contribution < -0.4 is 15.4 Å². The van der Waals surface area contributed by atoms with Crippen molar-refractivity contribution in [3.63, 3.8) is 0 Å². The lowest BCUT2D eigenvalue weighted by molar-refractivity contribution is 0.166. The van der Waals surface area contributed by atoms with Gasteiger partial charge in [0.2, 0.25) is 0 Å². The van der Waals surface area contributed by atoms with Crippen molar-refractivity contribution in [1.29, 1.82) is 5.26 Å². The van der Waals surface area contributed by atoms with E-state index in [1.165, 1.54) is 0 Å². The minimum Gasteiger partial charge on any atom is -0.495 e. The van der Waals surface area contributed by atoms with Gasteiger partial charge in [-0.2, -0.15) is 5.26 Å². The number of carbonyl (C=O) groups is 1. The van der Waals surface area contributed by atoms with E-state index in [2.05, 4.69) is 26.6 Å². The van der Waals surface area contributed by atoms with Crippen LogP contribution in [0.4, 0.5) is 10.5 Å². The summed E-state index contributed by atoms with van der Waals surface area (Å²) < 4.78 is 5.25. The molecule has 32 heavy (non-hydrogen) atoms. The maximum atomic E-state index is 12.7. The predicted octanol–water partition coefficient (Wildman–Crippen LogP) is 4.42. The van der Waals surface area contributed by atoms with Gasteiger partial charge in [0.15, 0.2) is 0 Å². The Morgan fingerprint density at radius 1 is 1.31 bits per heavy atom. The van der Waals surface area contributed by atoms with E-state index in [1.807, 2.05) is 12.1 Å². The number of hydrogen-bond donors (Lipinski definition) is 2. The van der Waals surface area contributed by atoms with Crippen LogP contribution in [0.25, 0.3) is 0 Å². The zero-order valence-electron chi connectivity index (χ0n) is 18.2. The molecule has 1 aromatic carbocycles. The number of anilines is 1. The third-order valence-corrected chi connectivity index (χ3v) is 6.74. The van der Waals surface area contributed by atoms with Crippen LogP contribution in [0.3, 0.4) is 0 Å². The normalized spacial score (nSPS) is 21.9. The van der Waals surface area contributed by atoms with Crippen LogP contribution in [-0.4, -0.2) is 48.7 Å². The van der Waals surface area contributed by atoms with E-state index in [-0.39, 0.29) is 23.4 Å². The Kier molecular flexibility index (Phi) is 6.83. The second-order valence-electron chi connectivity index (χ2n) is 8.67. The van der Waals surface area contributed by atoms with Crippen LogP contribution in [0.1, 0.15) is 37.3 Å². The fraction of sp³-hybridized carbons (Fsp3) is 0.458. The Morgan fingerprint density at radius 3 is 2.72 bits per heavy atom. The molecule has 2 atom stereocenters. The van der Waals surface area contributed by atoms with E-state index < -0.39 is 0 Å². The number of likely N-dealkylation sites (tertiary alicyclic amines) is 1. The Bertz CT molecular complexity index is 969. The Hall–Kier alpha value is -2.82. The van der Waals surface area contributed by atoms with Crippen LogP contribution in [0.5, 0.6) is 5.75 Å². The number of pyridine rings is 1. The van der Waals surface area contributed by atoms with Gasteiger partial charge in [-0.1, -0.05) is 11.6 Å². The summed E-state index contributed by atoms with van der Waals surface area (Å²) in [7, 11) is 1.62. The van der Waals surface area contributed by atoms with Gasteiger partial charge in [0.05, 0.1) is 24.8 Å². The SMILES string of the molecule is COc1ccc(C2CN(CCC3(C#N)CC3)CCC2NC(=O)Nc2ccc(Cl)cc2)nc1. The summed E-state index contributed by atoms with van der Waals surface area (Å²) in [5.41, 5.74) is 1.50. The van der Waals surface area contributed by atoms with E-state index in [0.717, 1.165) is 51.0 Å². The number of rotatable bonds is 7. The number of amides is 2. The van der Waals surface area contributed by atoms with Crippen molar-refractivity contribution in [2.75, 3.05) is 32.1 Å². The minimum absolute atomic E-state index is 0.0443. The van der Waals surface area contributed by atoms with Crippen LogP contribution in [0.15, 0.2) is 42.6 Å². The molecule has 4 rings (SSSR count). The molecule has 0 spiro atoms. The van der Waals surface area contributed by atoms with Crippen LogP contribution in [-0.2, 0) is 0 Å². The topological polar surface area (TPSA) is 90.3 Å². The number of halogens is 1. The number of nitrogens with zero attached hydrogens (tertiary/aromatic N) is 3. The van der Waals surface area contributed by atoms with E-state index in [1.54, 1.807) is 37.6 Å². The highest BCUT2D eigenvalue weighted by atomic mass is 35.5. The van der Waals surface area contributed by atoms with Crippen molar-refractivity contribution < 1.29 is 9.53 Å². The number of nitrogens with one attached hydrogen (secondary N) is 2. The van der Waals surface area contributed by atoms with Crippen molar-refractivity contribution in [3.8, 4) is 11.8 Å². The molecule has 1 saturated carbocycles. The molecule has 2 unspecified atom stereocenters. The van der Waals surface area contributed by atoms with Crippen LogP contribution >= 0.6 is 11.6 Å². The second kappa shape index (κ2) is 9.76. The monoisotopic (exact) mass is 453 g/mol. The summed E-state index contributed by atoms with van der Waals surface area (Å²) >= 11 is 5.93. The lowest BCUT2D eigenvalue weighted by Crippen LogP contribution is -2.51. The number of ether oxygens (including phenoxy) is 1. The van der Waals surface area contributed by atoms with Crippen LogP contribution in [0.2, 0.25) is 5.02 Å². The van der Waals surface area contributed by atoms with Crippen molar-refractivity contribution in [1.82, 2.24) is 15.2 Å². The third-order valence-electron chi connectivity index (χ3n) is 6.49. The highest BCUT2D eigenvalue weighted by Crippen LogP contribution is 2.48. The first-order valence-electron chi connectivity index (χ1n) is 11.0. The number of aromatic nitrogens is 1. The summed E-state index contributed by atoms with van der Waals surface area (Å²) in [5.74, 6) is 0.749. The molecule has 7 nitrogen and oxygen atoms in total. The number of piperidine rings is 1. The minimum atomic E-state index is -0.245. The van der Waals surface area contributed by atoms with Crippen LogP contribution in [0, 0.1) is 16.7 Å². The largest absolute Gasteiger partial charge is 0.495 e. The molecule has 0 radical (unpaired) electrons. The summed E-state index contributed by atoms with van der Waals surface area (Å²) in [6, 6.07) is 13.1. The van der Waals surface area contributed by atoms with Crippen molar-refractivity contribution in [2.45, 2.75) is 37.6 Å². The van der Waals surface area contributed by atoms with E-state index in [9.17, 15) is 10.1 Å². The van der Waals surface area contributed by atoms with Gasteiger partial charge in [0.25, 0.3) is 0 Å². The quantitative estimate of drug-likeness (QED) is 0.647. The summed E-state index contributed by atoms with van der Waals surface area (Å²) in [4.78, 5) is 19.7. The van der Waals surface area contributed by atoms with E-state index in [4.69, 9.17) is 16.3 Å². The zero-order valence-corrected chi connectivity index (χ0v) is 18.9. The van der Waals surface area contributed by atoms with Gasteiger partial charge in [-0.3, -0.25) is 4.98 Å². The number of methoxy groups -OCH3 is 1. The van der Waals surface area contributed by atoms with Crippen molar-refractivity contribution >= 4 is 23.3 Å². The first-order chi connectivity index (χ1) is 15.5. The number of hydrogen-bond acceptors (Lipinski definition) is 5. The second-order valence-corrected chi connectivity index (χ2v) is 9.11. The van der Waals surface area contributed by atoms with Crippen molar-refractivity contribution in [3.05, 3.63) is 53.3 Å². The molecular weight excluding hydrogens is 426 g/mol. The van der Waals surface area contributed by atoms with Gasteiger partial charge in [-0.05, 0) is 68.6 Å². The average molecular weight is 454 g/mol. The number of carbonyl (C=O) groups excluding carboxylic acids is 1. The Labute approximate surface area is 193 Å². The van der Waals surface area contributed by atoms with Gasteiger partial charge < -0.3 is 20.3 Å². The summed E-state index contributed by atoms with van der Waals surface area (Å²) in [6.07, 6.45) is 5.45. The molecule has 1 saturated heterocycles. The van der Waals surface area contributed by atoms with Gasteiger partial charge in [-0.15, -0.1) is 0 Å². The molecule has 2 aromatic rings. The Morgan fingerprint density at radius 2 is 2.09 bits per heavy atom. The molecule has 8 heteroatoms. The molecule has 1 aliphatic heterocycles. The van der Waals surface area contributed by atoms with Gasteiger partial charge in [0.1, 0.15) is 5.75 Å². The standard InChI is InChI=1S/C24H28ClN5O2/c1-32-19-6-7-21(27-14-19)20-15-30(13-11-24(16-26)9-10-24)12-8-22(20)29-23(31)28-18-4-2-17(25)3-5-18/h2-7,14,20,22H,8-13,15H2,1H3,(H2,28,29,31). The van der Waals surface area contributed by atoms with Gasteiger partial charge in [-0.25, -0.2) is 4.79 Å². The van der Waals surface area contributed by atoms with E-state index in [0.29, 0.717) is 16.5 Å². The number of nitriles is 1. The average Bonchev–Trinajstić information content (AvgIpc) is 3.60. The molecule has 2 heterocycles. The fourth-order valence-corrected chi connectivity index (χ4v) is 4.36. The molecular formula is C24H28ClN5O2. The molecule has 168 valence electrons. The predicted molar refractivity (Wildman–Crippen MR) is 124 cm³/mol. The lowest BCUT2D eigenvalue weighted by atomic mass is 9.88. The zero-order chi connectivity index (χ0) is 22.6. The highest BCUT2D eigenvalue weighted by molar-refractivity contribution is 6.30. The molecule has 0 bridgehead atoms. The van der Waals surface area contributed by atoms with E-state index >= 15 is 0 Å². The summed E-state index contributed by atoms with van der Waals surface area (Å²) in [6.45, 7) is 2.55. The molecule has 2 fully saturated rings. The molecule has 1 aromatic heterocycles. The Balaban J connectivity index is 1.43. The molecule has 2 N–H and O–H groups in total. The molecule has 2 aliphatic rings. The third kappa shape index (κ3) is 5.50. The van der Waals surface area contributed by atoms with Gasteiger partial charge in [0, 0.05) is 41.5 Å². The first-order valence-corrected chi connectivity index (χ1v) is 11.3. The highest BCUT2D eigenvalue weighted by Gasteiger charge is 2.43.